The first-order valence-electron chi connectivity index (χ1n) is 36.4. The number of guanidine groups is 1. The number of carboxylic acids is 2. The van der Waals surface area contributed by atoms with Crippen LogP contribution in [-0.2, 0) is 91.4 Å². The van der Waals surface area contributed by atoms with Crippen LogP contribution in [0.25, 0.3) is 0 Å². The molecular weight excluding hydrogens is 1480 g/mol. The van der Waals surface area contributed by atoms with Gasteiger partial charge in [-0.3, -0.25) is 72.1 Å². The average molecular weight is 1590 g/mol. The molecule has 2 aromatic rings. The van der Waals surface area contributed by atoms with Crippen LogP contribution >= 0.6 is 21.6 Å². The van der Waals surface area contributed by atoms with Crippen LogP contribution in [0.2, 0.25) is 0 Å². The van der Waals surface area contributed by atoms with Crippen LogP contribution < -0.4 is 81.8 Å². The number of nitrogens with zero attached hydrogens (tertiary/aromatic N) is 7. The molecule has 43 heteroatoms. The van der Waals surface area contributed by atoms with E-state index >= 15 is 24.0 Å². The van der Waals surface area contributed by atoms with E-state index in [1.54, 1.807) is 44.2 Å². The number of carbonyl (C=O) groups is 15. The zero-order valence-corrected chi connectivity index (χ0v) is 63.2. The number of likely N-dealkylation sites (tertiary alicyclic amines) is 1. The lowest BCUT2D eigenvalue weighted by Crippen LogP contribution is -2.62. The molecule has 6 rings (SSSR count). The van der Waals surface area contributed by atoms with Crippen molar-refractivity contribution in [3.05, 3.63) is 47.8 Å². The summed E-state index contributed by atoms with van der Waals surface area (Å²) in [6.07, 6.45) is -0.191. The Morgan fingerprint density at radius 3 is 1.94 bits per heavy atom. The molecule has 13 amide bonds. The van der Waals surface area contributed by atoms with E-state index < -0.39 is 217 Å². The first kappa shape index (κ1) is 89.1. The van der Waals surface area contributed by atoms with Gasteiger partial charge >= 0.3 is 11.9 Å². The number of carbonyl (C=O) groups excluding carboxylic acids is 13. The second-order valence-corrected chi connectivity index (χ2v) is 29.7. The van der Waals surface area contributed by atoms with Gasteiger partial charge in [-0.05, 0) is 95.6 Å². The molecule has 1 aromatic heterocycles. The molecule has 0 unspecified atom stereocenters. The summed E-state index contributed by atoms with van der Waals surface area (Å²) in [5.74, 6) is -17.5. The van der Waals surface area contributed by atoms with Crippen molar-refractivity contribution in [3.63, 3.8) is 0 Å². The maximum atomic E-state index is 15.3. The third kappa shape index (κ3) is 26.2. The first-order valence-corrected chi connectivity index (χ1v) is 38.9. The third-order valence-electron chi connectivity index (χ3n) is 19.0. The highest BCUT2D eigenvalue weighted by molar-refractivity contribution is 8.76. The Kier molecular flexibility index (Phi) is 35.7. The standard InChI is InChI=1S/C67H104N22O19S2/c1-4-35(2)52-61(102)81-45(57(98)76-41(26-37-14-6-5-7-15-37)63(104)87-23-11-18-47(87)59(100)77-42(66(107)108)27-51(93)94)33-109-110-34-46(80-54(95)39(74-50(92)29-70)17-10-22-73-67(71)72)58(99)83-53(36(3)91)62(103)75-40(16-8-9-21-68)55(96)79-44(32-90)56(97)78-43(31-86-30-38(28-69)84-85-86)64(105)89-25-13-20-49(89)65(106)88-24-12-19-48(88)60(101)82-52/h5-7,14-15,30,35-36,39-49,52-53,90-91H,4,8-13,16-29,31-34,68-70H2,1-3H3,(H,74,92)(H,75,103)(H,76,98)(H,77,100)(H,78,97)(H,79,96)(H,80,95)(H,81,102)(H,82,101)(H,83,99)(H,93,94)(H,107,108)(H4,71,72,73)/t35-,36+,39-,40-,41-,42-,43-,44-,45-,46-,47-,48-,49-,52-,53-/m0/s1. The third-order valence-corrected chi connectivity index (χ3v) is 21.4. The number of hydrogen-bond acceptors (Lipinski definition) is 25. The van der Waals surface area contributed by atoms with Gasteiger partial charge in [-0.2, -0.15) is 0 Å². The number of nitrogens with one attached hydrogen (secondary N) is 10. The molecule has 4 aliphatic rings. The monoisotopic (exact) mass is 1580 g/mol. The van der Waals surface area contributed by atoms with E-state index in [0.717, 1.165) is 33.4 Å². The molecule has 4 fully saturated rings. The van der Waals surface area contributed by atoms with Gasteiger partial charge in [0.15, 0.2) is 5.96 Å². The maximum absolute atomic E-state index is 15.3. The van der Waals surface area contributed by atoms with Crippen LogP contribution in [0.3, 0.4) is 0 Å². The minimum absolute atomic E-state index is 0.00357. The van der Waals surface area contributed by atoms with Crippen LogP contribution in [0.5, 0.6) is 0 Å². The predicted molar refractivity (Wildman–Crippen MR) is 396 cm³/mol. The Morgan fingerprint density at radius 2 is 1.31 bits per heavy atom. The van der Waals surface area contributed by atoms with Crippen molar-refractivity contribution < 1.29 is 92.3 Å². The predicted octanol–water partition coefficient (Wildman–Crippen LogP) is -7.68. The SMILES string of the molecule is CC[C@H](C)[C@@H]1NC(=O)[C@@H]2CCCN2C(=O)[C@@H]2CCCN2C(=O)[C@H](Cn2cc(CN)nn2)NC(=O)[C@H](CO)NC(=O)[C@H](CCCCN)NC(=O)[C@H]([C@@H](C)O)NC(=O)[C@@H](NC(=O)[C@H](CCCN=C(N)N)NC(=O)CN)CSSC[C@@H](C(=O)N[C@@H](Cc2ccccc2)C(=O)N2CCC[C@H]2C(=O)N[C@@H](CC(=O)O)C(=O)O)NC1=O. The number of aliphatic hydroxyl groups is 2. The number of aliphatic hydroxyl groups excluding tert-OH is 2. The summed E-state index contributed by atoms with van der Waals surface area (Å²) < 4.78 is 1.20. The number of aliphatic imine (C=N–C) groups is 1. The van der Waals surface area contributed by atoms with Gasteiger partial charge in [-0.25, -0.2) is 9.48 Å². The highest BCUT2D eigenvalue weighted by Gasteiger charge is 2.47. The van der Waals surface area contributed by atoms with Crippen molar-refractivity contribution in [2.75, 3.05) is 57.4 Å². The topological polar surface area (TPSA) is 640 Å². The van der Waals surface area contributed by atoms with E-state index in [-0.39, 0.29) is 122 Å². The fourth-order valence-electron chi connectivity index (χ4n) is 12.9. The molecule has 41 nitrogen and oxygen atoms in total. The summed E-state index contributed by atoms with van der Waals surface area (Å²) in [5.41, 5.74) is 29.1. The number of rotatable bonds is 29. The molecule has 4 saturated heterocycles. The average Bonchev–Trinajstić information content (AvgIpc) is 1.64. The van der Waals surface area contributed by atoms with E-state index in [4.69, 9.17) is 28.7 Å². The van der Waals surface area contributed by atoms with Crippen molar-refractivity contribution in [1.82, 2.24) is 82.9 Å². The van der Waals surface area contributed by atoms with Gasteiger partial charge in [0, 0.05) is 56.8 Å². The maximum Gasteiger partial charge on any atom is 0.326 e. The fourth-order valence-corrected chi connectivity index (χ4v) is 15.2. The Hall–Kier alpha value is -9.82. The molecule has 1 aromatic carbocycles. The van der Waals surface area contributed by atoms with Gasteiger partial charge < -0.3 is 117 Å². The second kappa shape index (κ2) is 44.1. The minimum atomic E-state index is -1.96. The Labute approximate surface area is 641 Å². The summed E-state index contributed by atoms with van der Waals surface area (Å²) >= 11 is 0. The fraction of sp³-hybridized carbons (Fsp3) is 0.642. The smallest absolute Gasteiger partial charge is 0.326 e. The van der Waals surface area contributed by atoms with E-state index in [1.807, 2.05) is 0 Å². The number of benzene rings is 1. The summed E-state index contributed by atoms with van der Waals surface area (Å²) in [4.78, 5) is 221. The van der Waals surface area contributed by atoms with E-state index in [0.29, 0.717) is 18.4 Å². The molecule has 110 heavy (non-hydrogen) atoms. The number of aromatic nitrogens is 3. The Morgan fingerprint density at radius 1 is 0.682 bits per heavy atom. The van der Waals surface area contributed by atoms with Gasteiger partial charge in [0.05, 0.1) is 37.9 Å². The van der Waals surface area contributed by atoms with Gasteiger partial charge in [-0.1, -0.05) is 77.4 Å². The lowest BCUT2D eigenvalue weighted by Gasteiger charge is -2.34. The van der Waals surface area contributed by atoms with Crippen LogP contribution in [0.4, 0.5) is 0 Å². The van der Waals surface area contributed by atoms with Crippen molar-refractivity contribution in [1.29, 1.82) is 0 Å². The van der Waals surface area contributed by atoms with Crippen LogP contribution in [0, 0.1) is 5.92 Å². The second-order valence-electron chi connectivity index (χ2n) is 27.2. The molecule has 0 spiro atoms. The van der Waals surface area contributed by atoms with Crippen molar-refractivity contribution >= 4 is 116 Å². The van der Waals surface area contributed by atoms with E-state index in [2.05, 4.69) is 68.5 Å². The van der Waals surface area contributed by atoms with E-state index in [9.17, 15) is 68.4 Å². The number of carboxylic acid groups (broad SMARTS) is 2. The number of hydrogen-bond donors (Lipinski definition) is 19. The molecule has 0 bridgehead atoms. The summed E-state index contributed by atoms with van der Waals surface area (Å²) in [7, 11) is 1.63. The Bertz CT molecular complexity index is 3600. The van der Waals surface area contributed by atoms with Crippen molar-refractivity contribution in [2.45, 2.75) is 208 Å². The lowest BCUT2D eigenvalue weighted by atomic mass is 9.97. The van der Waals surface area contributed by atoms with Gasteiger partial charge in [0.2, 0.25) is 76.8 Å². The summed E-state index contributed by atoms with van der Waals surface area (Å²) in [6.45, 7) is 2.33. The normalized spacial score (nSPS) is 24.4. The summed E-state index contributed by atoms with van der Waals surface area (Å²) in [5, 5.41) is 74.7. The number of nitrogens with two attached hydrogens (primary N) is 5. The lowest BCUT2D eigenvalue weighted by molar-refractivity contribution is -0.148. The number of amides is 13. The molecule has 24 N–H and O–H groups in total. The molecular formula is C67H104N22O19S2. The molecule has 0 saturated carbocycles. The molecule has 15 atom stereocenters. The number of unbranched alkanes of at least 4 members (excludes halogenated alkanes) is 1. The molecule has 0 aliphatic carbocycles. The van der Waals surface area contributed by atoms with Crippen LogP contribution in [-0.4, -0.2) is 287 Å². The zero-order chi connectivity index (χ0) is 80.9. The van der Waals surface area contributed by atoms with Gasteiger partial charge in [-0.15, -0.1) is 5.10 Å². The Balaban J connectivity index is 1.46. The largest absolute Gasteiger partial charge is 0.481 e. The quantitative estimate of drug-likeness (QED) is 0.0156. The number of aliphatic carboxylic acids is 2. The highest BCUT2D eigenvalue weighted by Crippen LogP contribution is 2.29. The van der Waals surface area contributed by atoms with Crippen LogP contribution in [0.15, 0.2) is 41.5 Å². The molecule has 4 aliphatic heterocycles. The van der Waals surface area contributed by atoms with Gasteiger partial charge in [0.25, 0.3) is 0 Å². The zero-order valence-electron chi connectivity index (χ0n) is 61.5. The number of fused-ring (bicyclic) bond motifs is 2. The highest BCUT2D eigenvalue weighted by atomic mass is 33.1. The van der Waals surface area contributed by atoms with Crippen molar-refractivity contribution in [2.24, 2.45) is 39.6 Å². The molecule has 608 valence electrons. The molecule has 0 radical (unpaired) electrons. The minimum Gasteiger partial charge on any atom is -0.481 e. The van der Waals surface area contributed by atoms with Gasteiger partial charge in [0.1, 0.15) is 78.5 Å². The van der Waals surface area contributed by atoms with Crippen molar-refractivity contribution in [3.8, 4) is 0 Å². The summed E-state index contributed by atoms with van der Waals surface area (Å²) in [6, 6.07) is -12.3. The first-order chi connectivity index (χ1) is 52.4. The molecule has 5 heterocycles. The van der Waals surface area contributed by atoms with Crippen LogP contribution in [0.1, 0.15) is 115 Å². The van der Waals surface area contributed by atoms with E-state index in [1.165, 1.54) is 20.7 Å².